The Labute approximate surface area is 120 Å². The van der Waals surface area contributed by atoms with Crippen molar-refractivity contribution in [2.75, 3.05) is 0 Å². The molecule has 0 bridgehead atoms. The lowest BCUT2D eigenvalue weighted by molar-refractivity contribution is 0.0696. The van der Waals surface area contributed by atoms with Gasteiger partial charge in [0.25, 0.3) is 0 Å². The van der Waals surface area contributed by atoms with E-state index in [9.17, 15) is 4.79 Å². The first-order chi connectivity index (χ1) is 9.11. The molecular weight excluding hydrogens is 236 g/mol. The molecule has 0 spiro atoms. The molecule has 0 aromatic heterocycles. The zero-order chi connectivity index (χ0) is 16.4. The van der Waals surface area contributed by atoms with Gasteiger partial charge in [-0.1, -0.05) is 59.2 Å². The van der Waals surface area contributed by atoms with Gasteiger partial charge in [0.15, 0.2) is 0 Å². The number of carboxylic acid groups (broad SMARTS) is 1. The first kappa shape index (κ1) is 26.1. The van der Waals surface area contributed by atoms with Gasteiger partial charge in [-0.15, -0.1) is 13.2 Å². The molecule has 0 amide bonds. The van der Waals surface area contributed by atoms with Gasteiger partial charge in [-0.2, -0.15) is 0 Å². The number of hydrogen-bond acceptors (Lipinski definition) is 1. The summed E-state index contributed by atoms with van der Waals surface area (Å²) in [4.78, 5) is 10.6. The number of rotatable bonds is 1. The van der Waals surface area contributed by atoms with Crippen LogP contribution in [-0.4, -0.2) is 11.1 Å². The summed E-state index contributed by atoms with van der Waals surface area (Å²) in [7, 11) is 0. The molecule has 0 unspecified atom stereocenters. The van der Waals surface area contributed by atoms with Crippen molar-refractivity contribution in [2.45, 2.75) is 55.4 Å². The molecule has 0 aliphatic heterocycles. The van der Waals surface area contributed by atoms with Gasteiger partial charge in [0, 0.05) is 0 Å². The summed E-state index contributed by atoms with van der Waals surface area (Å²) < 4.78 is 0. The van der Waals surface area contributed by atoms with E-state index in [1.165, 1.54) is 0 Å². The van der Waals surface area contributed by atoms with Crippen LogP contribution in [0.2, 0.25) is 0 Å². The Kier molecular flexibility index (Phi) is 29.8. The molecule has 2 nitrogen and oxygen atoms in total. The lowest BCUT2D eigenvalue weighted by Crippen LogP contribution is -1.99. The van der Waals surface area contributed by atoms with Crippen molar-refractivity contribution in [3.63, 3.8) is 0 Å². The van der Waals surface area contributed by atoms with Crippen molar-refractivity contribution in [1.82, 2.24) is 0 Å². The van der Waals surface area contributed by atoms with E-state index in [4.69, 9.17) is 5.11 Å². The van der Waals surface area contributed by atoms with Gasteiger partial charge in [0.05, 0.1) is 5.56 Å². The Bertz CT molecular complexity index is 304. The van der Waals surface area contributed by atoms with Crippen LogP contribution >= 0.6 is 0 Å². The van der Waals surface area contributed by atoms with E-state index in [1.807, 2.05) is 60.6 Å². The summed E-state index contributed by atoms with van der Waals surface area (Å²) in [5, 5.41) is 8.69. The third-order valence-corrected chi connectivity index (χ3v) is 1.62. The number of aryl methyl sites for hydroxylation is 2. The topological polar surface area (TPSA) is 37.3 Å². The summed E-state index contributed by atoms with van der Waals surface area (Å²) in [6, 6.07) is 5.40. The molecule has 1 N–H and O–H groups in total. The highest BCUT2D eigenvalue weighted by atomic mass is 16.4. The molecule has 0 fully saturated rings. The number of aromatic carboxylic acids is 1. The molecule has 112 valence electrons. The van der Waals surface area contributed by atoms with Crippen LogP contribution < -0.4 is 0 Å². The number of benzene rings is 1. The average Bonchev–Trinajstić information content (AvgIpc) is 2.50. The second kappa shape index (κ2) is 21.7. The first-order valence-electron chi connectivity index (χ1n) is 6.92. The predicted molar refractivity (Wildman–Crippen MR) is 88.2 cm³/mol. The van der Waals surface area contributed by atoms with Crippen molar-refractivity contribution < 1.29 is 9.90 Å². The largest absolute Gasteiger partial charge is 0.478 e. The predicted octanol–water partition coefficient (Wildman–Crippen LogP) is 5.88. The molecule has 0 heterocycles. The van der Waals surface area contributed by atoms with Gasteiger partial charge >= 0.3 is 5.97 Å². The van der Waals surface area contributed by atoms with Crippen LogP contribution in [0.5, 0.6) is 0 Å². The quantitative estimate of drug-likeness (QED) is 0.645. The number of carbonyl (C=O) groups is 1. The Morgan fingerprint density at radius 2 is 1.32 bits per heavy atom. The first-order valence-corrected chi connectivity index (χ1v) is 6.92. The van der Waals surface area contributed by atoms with Crippen LogP contribution in [-0.2, 0) is 0 Å². The zero-order valence-corrected chi connectivity index (χ0v) is 14.0. The molecule has 2 heteroatoms. The summed E-state index contributed by atoms with van der Waals surface area (Å²) in [6.45, 7) is 21.7. The van der Waals surface area contributed by atoms with E-state index >= 15 is 0 Å². The Hall–Kier alpha value is -1.57. The standard InChI is InChI=1S/C9H10O2.3C2H6.C2H4/c1-6-3-4-7(2)8(5-6)9(10)11;4*1-2/h3-5H,1-2H3,(H,10,11);3*1-2H3;1-2H2. The van der Waals surface area contributed by atoms with Crippen LogP contribution in [0.1, 0.15) is 63.0 Å². The highest BCUT2D eigenvalue weighted by Crippen LogP contribution is 2.09. The van der Waals surface area contributed by atoms with Gasteiger partial charge in [0.2, 0.25) is 0 Å². The fourth-order valence-electron chi connectivity index (χ4n) is 0.966. The molecule has 0 aliphatic rings. The number of carboxylic acids is 1. The van der Waals surface area contributed by atoms with Crippen molar-refractivity contribution in [3.05, 3.63) is 48.0 Å². The fraction of sp³-hybridized carbons (Fsp3) is 0.471. The summed E-state index contributed by atoms with van der Waals surface area (Å²) in [5.41, 5.74) is 2.18. The van der Waals surface area contributed by atoms with E-state index in [-0.39, 0.29) is 0 Å². The molecule has 0 aliphatic carbocycles. The molecule has 0 saturated carbocycles. The minimum atomic E-state index is -0.855. The maximum absolute atomic E-state index is 10.6. The highest BCUT2D eigenvalue weighted by Gasteiger charge is 2.05. The Morgan fingerprint density at radius 1 is 0.947 bits per heavy atom. The van der Waals surface area contributed by atoms with E-state index in [0.717, 1.165) is 11.1 Å². The molecule has 0 radical (unpaired) electrons. The van der Waals surface area contributed by atoms with Crippen molar-refractivity contribution >= 4 is 5.97 Å². The van der Waals surface area contributed by atoms with Crippen molar-refractivity contribution in [3.8, 4) is 0 Å². The van der Waals surface area contributed by atoms with Crippen LogP contribution in [0.3, 0.4) is 0 Å². The summed E-state index contributed by atoms with van der Waals surface area (Å²) in [6.07, 6.45) is 0. The molecule has 1 aromatic rings. The SMILES string of the molecule is C=C.CC.CC.CC.Cc1ccc(C)c(C(=O)O)c1. The smallest absolute Gasteiger partial charge is 0.335 e. The third-order valence-electron chi connectivity index (χ3n) is 1.62. The molecule has 0 atom stereocenters. The van der Waals surface area contributed by atoms with Crippen LogP contribution in [0, 0.1) is 13.8 Å². The monoisotopic (exact) mass is 268 g/mol. The lowest BCUT2D eigenvalue weighted by atomic mass is 10.1. The van der Waals surface area contributed by atoms with Gasteiger partial charge in [-0.3, -0.25) is 0 Å². The maximum atomic E-state index is 10.6. The van der Waals surface area contributed by atoms with Gasteiger partial charge in [-0.05, 0) is 25.5 Å². The number of hydrogen-bond donors (Lipinski definition) is 1. The maximum Gasteiger partial charge on any atom is 0.335 e. The normalized spacial score (nSPS) is 6.74. The minimum absolute atomic E-state index is 0.394. The van der Waals surface area contributed by atoms with Crippen molar-refractivity contribution in [1.29, 1.82) is 0 Å². The minimum Gasteiger partial charge on any atom is -0.478 e. The molecule has 1 aromatic carbocycles. The zero-order valence-electron chi connectivity index (χ0n) is 14.0. The van der Waals surface area contributed by atoms with Gasteiger partial charge in [0.1, 0.15) is 0 Å². The van der Waals surface area contributed by atoms with Crippen LogP contribution in [0.4, 0.5) is 0 Å². The molecule has 0 saturated heterocycles. The Balaban J connectivity index is -0.000000121. The van der Waals surface area contributed by atoms with Gasteiger partial charge < -0.3 is 5.11 Å². The van der Waals surface area contributed by atoms with E-state index in [2.05, 4.69) is 13.2 Å². The molecule has 1 rings (SSSR count). The lowest BCUT2D eigenvalue weighted by Gasteiger charge is -2.00. The average molecular weight is 268 g/mol. The highest BCUT2D eigenvalue weighted by molar-refractivity contribution is 5.89. The van der Waals surface area contributed by atoms with E-state index < -0.39 is 5.97 Å². The van der Waals surface area contributed by atoms with Crippen LogP contribution in [0.15, 0.2) is 31.4 Å². The third kappa shape index (κ3) is 14.4. The fourth-order valence-corrected chi connectivity index (χ4v) is 0.966. The Morgan fingerprint density at radius 3 is 1.58 bits per heavy atom. The second-order valence-corrected chi connectivity index (χ2v) is 2.62. The van der Waals surface area contributed by atoms with Crippen molar-refractivity contribution in [2.24, 2.45) is 0 Å². The molecule has 19 heavy (non-hydrogen) atoms. The van der Waals surface area contributed by atoms with Gasteiger partial charge in [-0.25, -0.2) is 4.79 Å². The van der Waals surface area contributed by atoms with E-state index in [1.54, 1.807) is 13.0 Å². The van der Waals surface area contributed by atoms with E-state index in [0.29, 0.717) is 5.56 Å². The summed E-state index contributed by atoms with van der Waals surface area (Å²) in [5.74, 6) is -0.855. The molecular formula is C17H32O2. The van der Waals surface area contributed by atoms with Crippen LogP contribution in [0.25, 0.3) is 0 Å². The second-order valence-electron chi connectivity index (χ2n) is 2.62. The summed E-state index contributed by atoms with van der Waals surface area (Å²) >= 11 is 0.